The second-order valence-electron chi connectivity index (χ2n) is 8.05. The molecule has 0 atom stereocenters. The van der Waals surface area contributed by atoms with Crippen LogP contribution in [-0.4, -0.2) is 30.7 Å². The van der Waals surface area contributed by atoms with Crippen molar-refractivity contribution in [3.05, 3.63) is 84.2 Å². The molecule has 3 heterocycles. The number of hydrogen-bond donors (Lipinski definition) is 2. The molecular weight excluding hydrogens is 400 g/mol. The van der Waals surface area contributed by atoms with Gasteiger partial charge in [-0.05, 0) is 42.0 Å². The summed E-state index contributed by atoms with van der Waals surface area (Å²) < 4.78 is 2.18. The minimum Gasteiger partial charge on any atom is -0.344 e. The Hall–Kier alpha value is -4.23. The summed E-state index contributed by atoms with van der Waals surface area (Å²) in [4.78, 5) is 17.5. The Labute approximate surface area is 183 Å². The van der Waals surface area contributed by atoms with Crippen LogP contribution in [0.25, 0.3) is 43.6 Å². The van der Waals surface area contributed by atoms with E-state index in [2.05, 4.69) is 51.1 Å². The molecule has 0 spiro atoms. The number of para-hydroxylation sites is 1. The zero-order valence-electron chi connectivity index (χ0n) is 17.4. The molecule has 0 unspecified atom stereocenters. The second kappa shape index (κ2) is 6.90. The number of nitrogens with two attached hydrogens (primary N) is 1. The maximum absolute atomic E-state index is 13.1. The third-order valence-electron chi connectivity index (χ3n) is 6.12. The first-order valence-corrected chi connectivity index (χ1v) is 10.3. The number of aryl methyl sites for hydroxylation is 1. The highest BCUT2D eigenvalue weighted by Crippen LogP contribution is 2.29. The number of nitrogens with one attached hydrogen (secondary N) is 1. The number of pyridine rings is 1. The van der Waals surface area contributed by atoms with Crippen molar-refractivity contribution in [3.8, 4) is 0 Å². The van der Waals surface area contributed by atoms with Gasteiger partial charge in [-0.3, -0.25) is 19.9 Å². The van der Waals surface area contributed by atoms with E-state index in [4.69, 9.17) is 5.84 Å². The van der Waals surface area contributed by atoms with Crippen LogP contribution in [0.15, 0.2) is 73.1 Å². The molecule has 3 N–H and O–H groups in total. The van der Waals surface area contributed by atoms with Crippen molar-refractivity contribution >= 4 is 49.5 Å². The van der Waals surface area contributed by atoms with Crippen LogP contribution in [0.1, 0.15) is 15.9 Å². The number of benzene rings is 3. The number of aromatic nitrogens is 4. The van der Waals surface area contributed by atoms with Crippen molar-refractivity contribution in [2.45, 2.75) is 6.54 Å². The molecule has 3 aromatic carbocycles. The number of amides is 1. The summed E-state index contributed by atoms with van der Waals surface area (Å²) in [5.41, 5.74) is 5.46. The van der Waals surface area contributed by atoms with Crippen molar-refractivity contribution in [2.75, 3.05) is 0 Å². The fourth-order valence-corrected chi connectivity index (χ4v) is 4.48. The summed E-state index contributed by atoms with van der Waals surface area (Å²) in [6.07, 6.45) is 3.48. The van der Waals surface area contributed by atoms with Crippen molar-refractivity contribution < 1.29 is 4.79 Å². The maximum Gasteiger partial charge on any atom is 0.268 e. The van der Waals surface area contributed by atoms with Gasteiger partial charge in [0.25, 0.3) is 5.91 Å². The normalized spacial score (nSPS) is 11.7. The summed E-state index contributed by atoms with van der Waals surface area (Å²) in [6.45, 7) is 0.308. The number of fused-ring (bicyclic) bond motifs is 6. The first-order valence-electron chi connectivity index (χ1n) is 10.3. The summed E-state index contributed by atoms with van der Waals surface area (Å²) in [6, 6.07) is 19.9. The molecule has 7 nitrogen and oxygen atoms in total. The van der Waals surface area contributed by atoms with E-state index in [9.17, 15) is 4.79 Å². The molecular formula is C25H20N6O. The molecule has 7 heteroatoms. The largest absolute Gasteiger partial charge is 0.344 e. The van der Waals surface area contributed by atoms with Crippen LogP contribution in [-0.2, 0) is 13.6 Å². The Balaban J connectivity index is 1.34. The van der Waals surface area contributed by atoms with Gasteiger partial charge >= 0.3 is 0 Å². The molecule has 0 radical (unpaired) electrons. The molecule has 0 aliphatic carbocycles. The van der Waals surface area contributed by atoms with E-state index in [1.807, 2.05) is 30.3 Å². The maximum atomic E-state index is 13.1. The first-order chi connectivity index (χ1) is 15.6. The van der Waals surface area contributed by atoms with Crippen LogP contribution >= 0.6 is 0 Å². The SMILES string of the molecule is Cn1c2ccccc2c2cc(CN(N)C(=O)c3ccc4ncc5cn[nH]c5c4c3)ccc21. The third kappa shape index (κ3) is 2.75. The van der Waals surface area contributed by atoms with Gasteiger partial charge in [-0.25, -0.2) is 5.84 Å². The first kappa shape index (κ1) is 18.5. The van der Waals surface area contributed by atoms with Crippen LogP contribution in [0.5, 0.6) is 0 Å². The number of carbonyl (C=O) groups excluding carboxylic acids is 1. The fourth-order valence-electron chi connectivity index (χ4n) is 4.48. The molecule has 0 aliphatic rings. The highest BCUT2D eigenvalue weighted by atomic mass is 16.2. The van der Waals surface area contributed by atoms with Crippen LogP contribution in [0.4, 0.5) is 0 Å². The topological polar surface area (TPSA) is 92.8 Å². The average molecular weight is 420 g/mol. The lowest BCUT2D eigenvalue weighted by Crippen LogP contribution is -2.36. The zero-order valence-corrected chi connectivity index (χ0v) is 17.4. The van der Waals surface area contributed by atoms with E-state index in [0.29, 0.717) is 12.1 Å². The predicted molar refractivity (Wildman–Crippen MR) is 126 cm³/mol. The van der Waals surface area contributed by atoms with Crippen molar-refractivity contribution in [1.29, 1.82) is 0 Å². The zero-order chi connectivity index (χ0) is 21.8. The Morgan fingerprint density at radius 2 is 1.84 bits per heavy atom. The van der Waals surface area contributed by atoms with Crippen molar-refractivity contribution in [2.24, 2.45) is 12.9 Å². The third-order valence-corrected chi connectivity index (χ3v) is 6.12. The molecule has 6 rings (SSSR count). The Morgan fingerprint density at radius 3 is 2.75 bits per heavy atom. The van der Waals surface area contributed by atoms with Gasteiger partial charge in [-0.2, -0.15) is 5.10 Å². The smallest absolute Gasteiger partial charge is 0.268 e. The molecule has 0 saturated heterocycles. The van der Waals surface area contributed by atoms with Crippen molar-refractivity contribution in [1.82, 2.24) is 24.8 Å². The van der Waals surface area contributed by atoms with E-state index in [0.717, 1.165) is 38.3 Å². The number of hydrazine groups is 1. The van der Waals surface area contributed by atoms with E-state index in [-0.39, 0.29) is 5.91 Å². The predicted octanol–water partition coefficient (Wildman–Crippen LogP) is 4.27. The number of hydrogen-bond acceptors (Lipinski definition) is 4. The van der Waals surface area contributed by atoms with Crippen LogP contribution in [0, 0.1) is 0 Å². The Bertz CT molecular complexity index is 1660. The number of nitrogens with zero attached hydrogens (tertiary/aromatic N) is 4. The van der Waals surface area contributed by atoms with Gasteiger partial charge in [0.2, 0.25) is 0 Å². The van der Waals surface area contributed by atoms with Gasteiger partial charge in [0, 0.05) is 51.4 Å². The van der Waals surface area contributed by atoms with E-state index in [1.165, 1.54) is 15.9 Å². The molecule has 0 bridgehead atoms. The van der Waals surface area contributed by atoms with Gasteiger partial charge < -0.3 is 4.57 Å². The molecule has 0 saturated carbocycles. The molecule has 0 aliphatic heterocycles. The number of rotatable bonds is 3. The highest BCUT2D eigenvalue weighted by molar-refractivity contribution is 6.08. The number of aromatic amines is 1. The summed E-state index contributed by atoms with van der Waals surface area (Å²) >= 11 is 0. The van der Waals surface area contributed by atoms with Crippen LogP contribution < -0.4 is 5.84 Å². The monoisotopic (exact) mass is 420 g/mol. The lowest BCUT2D eigenvalue weighted by molar-refractivity contribution is 0.0743. The molecule has 156 valence electrons. The number of H-pyrrole nitrogens is 1. The molecule has 3 aromatic heterocycles. The van der Waals surface area contributed by atoms with Gasteiger partial charge in [0.15, 0.2) is 0 Å². The lowest BCUT2D eigenvalue weighted by atomic mass is 10.1. The lowest BCUT2D eigenvalue weighted by Gasteiger charge is -2.17. The average Bonchev–Trinajstić information content (AvgIpc) is 3.42. The molecule has 1 amide bonds. The van der Waals surface area contributed by atoms with Crippen LogP contribution in [0.2, 0.25) is 0 Å². The summed E-state index contributed by atoms with van der Waals surface area (Å²) in [5.74, 6) is 5.97. The Morgan fingerprint density at radius 1 is 1.00 bits per heavy atom. The standard InChI is InChI=1S/C25H20N6O/c1-30-22-5-3-2-4-18(22)19-10-15(6-9-23(19)30)14-31(26)25(32)16-7-8-21-20(11-16)24-17(12-27-21)13-28-29-24/h2-13H,14,26H2,1H3,(H,28,29). The van der Waals surface area contributed by atoms with Gasteiger partial charge in [-0.15, -0.1) is 0 Å². The van der Waals surface area contributed by atoms with Gasteiger partial charge in [0.1, 0.15) is 0 Å². The highest BCUT2D eigenvalue weighted by Gasteiger charge is 2.16. The van der Waals surface area contributed by atoms with E-state index >= 15 is 0 Å². The molecule has 0 fully saturated rings. The fraction of sp³-hybridized carbons (Fsp3) is 0.0800. The summed E-state index contributed by atoms with van der Waals surface area (Å²) in [5, 5.41) is 12.4. The van der Waals surface area contributed by atoms with Crippen LogP contribution in [0.3, 0.4) is 0 Å². The molecule has 32 heavy (non-hydrogen) atoms. The van der Waals surface area contributed by atoms with E-state index < -0.39 is 0 Å². The minimum atomic E-state index is -0.249. The number of carbonyl (C=O) groups is 1. The molecule has 6 aromatic rings. The summed E-state index contributed by atoms with van der Waals surface area (Å²) in [7, 11) is 2.06. The minimum absolute atomic E-state index is 0.249. The quantitative estimate of drug-likeness (QED) is 0.254. The Kier molecular flexibility index (Phi) is 3.99. The van der Waals surface area contributed by atoms with E-state index in [1.54, 1.807) is 18.5 Å². The van der Waals surface area contributed by atoms with Gasteiger partial charge in [0.05, 0.1) is 23.8 Å². The van der Waals surface area contributed by atoms with Crippen molar-refractivity contribution in [3.63, 3.8) is 0 Å². The van der Waals surface area contributed by atoms with Gasteiger partial charge in [-0.1, -0.05) is 24.3 Å². The second-order valence-corrected chi connectivity index (χ2v) is 8.05.